The van der Waals surface area contributed by atoms with E-state index in [0.717, 1.165) is 22.6 Å². The summed E-state index contributed by atoms with van der Waals surface area (Å²) in [4.78, 5) is 0. The Balaban J connectivity index is 2.04. The molecule has 1 saturated heterocycles. The van der Waals surface area contributed by atoms with E-state index < -0.39 is 0 Å². The molecule has 1 fully saturated rings. The molecule has 1 aromatic heterocycles. The summed E-state index contributed by atoms with van der Waals surface area (Å²) in [7, 11) is 1.62. The molecule has 0 unspecified atom stereocenters. The summed E-state index contributed by atoms with van der Waals surface area (Å²) in [6, 6.07) is 5.68. The lowest BCUT2D eigenvalue weighted by Crippen LogP contribution is -2.31. The molecule has 0 atom stereocenters. The maximum absolute atomic E-state index is 6.01. The van der Waals surface area contributed by atoms with Gasteiger partial charge in [-0.25, -0.2) is 0 Å². The molecule has 0 amide bonds. The van der Waals surface area contributed by atoms with E-state index in [4.69, 9.17) is 19.7 Å². The average molecular weight is 278 g/mol. The van der Waals surface area contributed by atoms with Crippen LogP contribution in [0.2, 0.25) is 0 Å². The van der Waals surface area contributed by atoms with Gasteiger partial charge in [0.1, 0.15) is 6.10 Å². The molecule has 19 heavy (non-hydrogen) atoms. The Labute approximate surface area is 115 Å². The zero-order valence-electron chi connectivity index (χ0n) is 10.5. The van der Waals surface area contributed by atoms with Gasteiger partial charge >= 0.3 is 0 Å². The highest BCUT2D eigenvalue weighted by atomic mass is 32.2. The van der Waals surface area contributed by atoms with Gasteiger partial charge in [0, 0.05) is 17.1 Å². The van der Waals surface area contributed by atoms with E-state index in [1.165, 1.54) is 0 Å². The topological polar surface area (TPSA) is 70.5 Å². The number of methoxy groups -OCH3 is 1. The third-order valence-electron chi connectivity index (χ3n) is 2.98. The fourth-order valence-corrected chi connectivity index (χ4v) is 2.47. The number of para-hydroxylation sites is 1. The summed E-state index contributed by atoms with van der Waals surface area (Å²) in [6.07, 6.45) is 1.81. The number of hydrogen-bond acceptors (Lipinski definition) is 6. The van der Waals surface area contributed by atoms with Crippen molar-refractivity contribution < 1.29 is 14.0 Å². The molecule has 2 N–H and O–H groups in total. The van der Waals surface area contributed by atoms with Gasteiger partial charge in [0.05, 0.1) is 18.9 Å². The predicted octanol–water partition coefficient (Wildman–Crippen LogP) is 2.43. The molecule has 0 radical (unpaired) electrons. The van der Waals surface area contributed by atoms with Crippen molar-refractivity contribution in [2.24, 2.45) is 0 Å². The van der Waals surface area contributed by atoms with Gasteiger partial charge in [0.2, 0.25) is 5.88 Å². The van der Waals surface area contributed by atoms with Gasteiger partial charge in [-0.2, -0.15) is 11.8 Å². The summed E-state index contributed by atoms with van der Waals surface area (Å²) in [5, 5.41) is 3.71. The molecule has 6 heteroatoms. The van der Waals surface area contributed by atoms with Crippen molar-refractivity contribution >= 4 is 17.6 Å². The summed E-state index contributed by atoms with van der Waals surface area (Å²) < 4.78 is 16.3. The van der Waals surface area contributed by atoms with Crippen molar-refractivity contribution in [1.82, 2.24) is 5.16 Å². The second kappa shape index (κ2) is 5.05. The molecular weight excluding hydrogens is 264 g/mol. The molecule has 1 aliphatic rings. The monoisotopic (exact) mass is 278 g/mol. The van der Waals surface area contributed by atoms with Crippen molar-refractivity contribution in [3.63, 3.8) is 0 Å². The Hall–Kier alpha value is -1.82. The molecular formula is C13H14N2O3S. The van der Waals surface area contributed by atoms with Crippen LogP contribution in [-0.2, 0) is 0 Å². The van der Waals surface area contributed by atoms with Crippen LogP contribution in [0.3, 0.4) is 0 Å². The zero-order chi connectivity index (χ0) is 13.2. The fraction of sp³-hybridized carbons (Fsp3) is 0.308. The van der Waals surface area contributed by atoms with E-state index in [2.05, 4.69) is 5.16 Å². The number of thioether (sulfide) groups is 1. The van der Waals surface area contributed by atoms with Crippen LogP contribution in [0, 0.1) is 0 Å². The van der Waals surface area contributed by atoms with Crippen LogP contribution in [0.15, 0.2) is 28.9 Å². The molecule has 2 heterocycles. The Morgan fingerprint density at radius 3 is 2.79 bits per heavy atom. The Bertz CT molecular complexity index is 581. The molecule has 0 spiro atoms. The van der Waals surface area contributed by atoms with Gasteiger partial charge in [0.15, 0.2) is 11.5 Å². The molecule has 0 aliphatic carbocycles. The van der Waals surface area contributed by atoms with Gasteiger partial charge in [0.25, 0.3) is 0 Å². The highest BCUT2D eigenvalue weighted by molar-refractivity contribution is 8.00. The van der Waals surface area contributed by atoms with Gasteiger partial charge in [-0.1, -0.05) is 17.3 Å². The standard InChI is InChI=1S/C13H14N2O3S/c1-16-11-4-2-3-9(10-5-15-18-13(10)14)12(11)17-8-6-19-7-8/h2-5,8H,6-7,14H2,1H3. The van der Waals surface area contributed by atoms with E-state index >= 15 is 0 Å². The number of benzene rings is 1. The van der Waals surface area contributed by atoms with Crippen molar-refractivity contribution in [3.8, 4) is 22.6 Å². The molecule has 3 rings (SSSR count). The first-order valence-electron chi connectivity index (χ1n) is 5.91. The molecule has 2 aromatic rings. The number of nitrogens with two attached hydrogens (primary N) is 1. The lowest BCUT2D eigenvalue weighted by atomic mass is 10.1. The molecule has 1 aliphatic heterocycles. The maximum Gasteiger partial charge on any atom is 0.230 e. The lowest BCUT2D eigenvalue weighted by molar-refractivity contribution is 0.229. The van der Waals surface area contributed by atoms with Crippen LogP contribution >= 0.6 is 11.8 Å². The SMILES string of the molecule is COc1cccc(-c2cnoc2N)c1OC1CSC1. The fourth-order valence-electron chi connectivity index (χ4n) is 1.91. The molecule has 100 valence electrons. The van der Waals surface area contributed by atoms with Crippen molar-refractivity contribution in [2.45, 2.75) is 6.10 Å². The summed E-state index contributed by atoms with van der Waals surface area (Å²) >= 11 is 1.86. The second-order valence-electron chi connectivity index (χ2n) is 4.22. The third-order valence-corrected chi connectivity index (χ3v) is 4.19. The van der Waals surface area contributed by atoms with E-state index in [-0.39, 0.29) is 12.0 Å². The maximum atomic E-state index is 6.01. The van der Waals surface area contributed by atoms with Crippen molar-refractivity contribution in [3.05, 3.63) is 24.4 Å². The number of nitrogens with zero attached hydrogens (tertiary/aromatic N) is 1. The highest BCUT2D eigenvalue weighted by Crippen LogP contribution is 2.41. The van der Waals surface area contributed by atoms with Crippen molar-refractivity contribution in [1.29, 1.82) is 0 Å². The second-order valence-corrected chi connectivity index (χ2v) is 5.29. The highest BCUT2D eigenvalue weighted by Gasteiger charge is 2.24. The largest absolute Gasteiger partial charge is 0.493 e. The number of hydrogen-bond donors (Lipinski definition) is 1. The van der Waals surface area contributed by atoms with Gasteiger partial charge < -0.3 is 19.7 Å². The normalized spacial score (nSPS) is 15.0. The van der Waals surface area contributed by atoms with E-state index in [9.17, 15) is 0 Å². The predicted molar refractivity (Wildman–Crippen MR) is 74.6 cm³/mol. The summed E-state index contributed by atoms with van der Waals surface area (Å²) in [6.45, 7) is 0. The number of anilines is 1. The molecule has 1 aromatic carbocycles. The summed E-state index contributed by atoms with van der Waals surface area (Å²) in [5.41, 5.74) is 7.35. The van der Waals surface area contributed by atoms with E-state index in [0.29, 0.717) is 11.5 Å². The minimum atomic E-state index is 0.223. The van der Waals surface area contributed by atoms with Crippen LogP contribution in [0.25, 0.3) is 11.1 Å². The molecule has 0 bridgehead atoms. The average Bonchev–Trinajstić information content (AvgIpc) is 2.79. The first kappa shape index (κ1) is 12.2. The first-order valence-corrected chi connectivity index (χ1v) is 7.07. The van der Waals surface area contributed by atoms with E-state index in [1.54, 1.807) is 13.3 Å². The quantitative estimate of drug-likeness (QED) is 0.926. The minimum absolute atomic E-state index is 0.223. The zero-order valence-corrected chi connectivity index (χ0v) is 11.3. The third kappa shape index (κ3) is 2.23. The van der Waals surface area contributed by atoms with Gasteiger partial charge in [-0.15, -0.1) is 0 Å². The number of nitrogen functional groups attached to an aromatic ring is 1. The number of aromatic nitrogens is 1. The molecule has 0 saturated carbocycles. The van der Waals surface area contributed by atoms with Crippen LogP contribution in [-0.4, -0.2) is 29.9 Å². The number of rotatable bonds is 4. The molecule has 5 nitrogen and oxygen atoms in total. The van der Waals surface area contributed by atoms with E-state index in [1.807, 2.05) is 30.0 Å². The minimum Gasteiger partial charge on any atom is -0.493 e. The van der Waals surface area contributed by atoms with Gasteiger partial charge in [-0.3, -0.25) is 0 Å². The smallest absolute Gasteiger partial charge is 0.230 e. The van der Waals surface area contributed by atoms with Crippen LogP contribution < -0.4 is 15.2 Å². The van der Waals surface area contributed by atoms with Crippen LogP contribution in [0.1, 0.15) is 0 Å². The van der Waals surface area contributed by atoms with Crippen LogP contribution in [0.4, 0.5) is 5.88 Å². The van der Waals surface area contributed by atoms with Crippen molar-refractivity contribution in [2.75, 3.05) is 24.3 Å². The van der Waals surface area contributed by atoms with Gasteiger partial charge in [-0.05, 0) is 6.07 Å². The number of ether oxygens (including phenoxy) is 2. The lowest BCUT2D eigenvalue weighted by Gasteiger charge is -2.27. The first-order chi connectivity index (χ1) is 9.29. The van der Waals surface area contributed by atoms with Crippen LogP contribution in [0.5, 0.6) is 11.5 Å². The Kier molecular flexibility index (Phi) is 3.25. The Morgan fingerprint density at radius 2 is 2.21 bits per heavy atom. The summed E-state index contributed by atoms with van der Waals surface area (Å²) in [5.74, 6) is 3.66. The Morgan fingerprint density at radius 1 is 1.37 bits per heavy atom.